The quantitative estimate of drug-likeness (QED) is 0.338. The molecule has 0 aromatic rings. The second-order valence-electron chi connectivity index (χ2n) is 5.25. The van der Waals surface area contributed by atoms with Gasteiger partial charge in [0.15, 0.2) is 0 Å². The van der Waals surface area contributed by atoms with Crippen molar-refractivity contribution in [1.29, 1.82) is 0 Å². The maximum absolute atomic E-state index is 5.98. The third-order valence-corrected chi connectivity index (χ3v) is 6.24. The molecule has 0 spiro atoms. The van der Waals surface area contributed by atoms with E-state index in [0.717, 1.165) is 58.1 Å². The summed E-state index contributed by atoms with van der Waals surface area (Å²) in [6, 6.07) is 0.880. The molecule has 0 aromatic heterocycles. The second-order valence-corrected chi connectivity index (χ2v) is 8.22. The van der Waals surface area contributed by atoms with Crippen molar-refractivity contribution in [2.75, 3.05) is 47.0 Å². The lowest BCUT2D eigenvalue weighted by Gasteiger charge is -2.26. The number of hydrogen-bond acceptors (Lipinski definition) is 5. The summed E-state index contributed by atoms with van der Waals surface area (Å²) in [5.74, 6) is 0. The Balaban J connectivity index is 3.77. The fraction of sp³-hybridized carbons (Fsp3) is 1.00. The van der Waals surface area contributed by atoms with Gasteiger partial charge in [-0.05, 0) is 58.3 Å². The van der Waals surface area contributed by atoms with Gasteiger partial charge in [0, 0.05) is 26.9 Å². The van der Waals surface area contributed by atoms with Gasteiger partial charge in [-0.15, -0.1) is 0 Å². The molecule has 6 heteroatoms. The molecular weight excluding hydrogens is 284 g/mol. The maximum Gasteiger partial charge on any atom is 0.500 e. The van der Waals surface area contributed by atoms with Crippen LogP contribution in [0.2, 0.25) is 6.04 Å². The standard InChI is InChI=1S/C15H36N2O3Si/c1-5-10-16-12-7-8-14-20-21(18-3,19-4)15-9-13-17-11-6-2/h16-17H,5-15H2,1-4H3. The van der Waals surface area contributed by atoms with Crippen molar-refractivity contribution in [1.82, 2.24) is 10.6 Å². The van der Waals surface area contributed by atoms with Gasteiger partial charge in [0.2, 0.25) is 0 Å². The van der Waals surface area contributed by atoms with Crippen molar-refractivity contribution in [3.05, 3.63) is 0 Å². The minimum absolute atomic E-state index is 0.726. The molecule has 0 fully saturated rings. The third-order valence-electron chi connectivity index (χ3n) is 3.38. The summed E-state index contributed by atoms with van der Waals surface area (Å²) in [5.41, 5.74) is 0. The lowest BCUT2D eigenvalue weighted by Crippen LogP contribution is -2.44. The Hall–Kier alpha value is 0.0169. The second kappa shape index (κ2) is 14.9. The van der Waals surface area contributed by atoms with Crippen LogP contribution in [0, 0.1) is 0 Å². The van der Waals surface area contributed by atoms with Crippen LogP contribution in [-0.4, -0.2) is 55.8 Å². The molecule has 2 N–H and O–H groups in total. The van der Waals surface area contributed by atoms with Gasteiger partial charge in [0.25, 0.3) is 0 Å². The molecule has 0 radical (unpaired) electrons. The predicted octanol–water partition coefficient (Wildman–Crippen LogP) is 2.40. The number of rotatable bonds is 16. The zero-order chi connectivity index (χ0) is 15.8. The van der Waals surface area contributed by atoms with Gasteiger partial charge < -0.3 is 23.9 Å². The minimum Gasteiger partial charge on any atom is -0.377 e. The zero-order valence-electron chi connectivity index (χ0n) is 14.5. The number of hydrogen-bond donors (Lipinski definition) is 2. The summed E-state index contributed by atoms with van der Waals surface area (Å²) in [4.78, 5) is 0. The molecule has 128 valence electrons. The topological polar surface area (TPSA) is 51.8 Å². The van der Waals surface area contributed by atoms with Crippen LogP contribution < -0.4 is 10.6 Å². The smallest absolute Gasteiger partial charge is 0.377 e. The van der Waals surface area contributed by atoms with Gasteiger partial charge in [0.1, 0.15) is 0 Å². The van der Waals surface area contributed by atoms with Gasteiger partial charge in [-0.25, -0.2) is 0 Å². The van der Waals surface area contributed by atoms with E-state index < -0.39 is 8.80 Å². The van der Waals surface area contributed by atoms with E-state index >= 15 is 0 Å². The number of nitrogens with one attached hydrogen (secondary N) is 2. The van der Waals surface area contributed by atoms with Crippen molar-refractivity contribution in [3.8, 4) is 0 Å². The molecule has 0 heterocycles. The van der Waals surface area contributed by atoms with E-state index in [0.29, 0.717) is 0 Å². The molecule has 0 saturated carbocycles. The lowest BCUT2D eigenvalue weighted by molar-refractivity contribution is 0.0959. The fourth-order valence-electron chi connectivity index (χ4n) is 2.09. The Bertz CT molecular complexity index is 217. The Labute approximate surface area is 132 Å². The average molecular weight is 321 g/mol. The first-order valence-corrected chi connectivity index (χ1v) is 10.3. The van der Waals surface area contributed by atoms with Crippen LogP contribution in [0.4, 0.5) is 0 Å². The van der Waals surface area contributed by atoms with Crippen molar-refractivity contribution in [2.45, 2.75) is 52.0 Å². The third kappa shape index (κ3) is 11.3. The Morgan fingerprint density at radius 2 is 1.33 bits per heavy atom. The van der Waals surface area contributed by atoms with Crippen LogP contribution in [0.3, 0.4) is 0 Å². The predicted molar refractivity (Wildman–Crippen MR) is 90.7 cm³/mol. The van der Waals surface area contributed by atoms with E-state index in [-0.39, 0.29) is 0 Å². The molecule has 0 aromatic carbocycles. The zero-order valence-corrected chi connectivity index (χ0v) is 15.5. The molecule has 0 aliphatic heterocycles. The van der Waals surface area contributed by atoms with Crippen LogP contribution in [-0.2, 0) is 13.3 Å². The lowest BCUT2D eigenvalue weighted by atomic mass is 10.3. The maximum atomic E-state index is 5.98. The highest BCUT2D eigenvalue weighted by Crippen LogP contribution is 2.16. The molecule has 0 amide bonds. The van der Waals surface area contributed by atoms with Crippen LogP contribution in [0.5, 0.6) is 0 Å². The Morgan fingerprint density at radius 3 is 1.86 bits per heavy atom. The fourth-order valence-corrected chi connectivity index (χ4v) is 4.11. The molecule has 0 atom stereocenters. The van der Waals surface area contributed by atoms with E-state index in [1.54, 1.807) is 14.2 Å². The molecule has 21 heavy (non-hydrogen) atoms. The SMILES string of the molecule is CCCNCCCCO[Si](CCCNCCC)(OC)OC. The molecule has 0 unspecified atom stereocenters. The van der Waals surface area contributed by atoms with Crippen molar-refractivity contribution in [3.63, 3.8) is 0 Å². The summed E-state index contributed by atoms with van der Waals surface area (Å²) < 4.78 is 17.2. The van der Waals surface area contributed by atoms with Gasteiger partial charge in [-0.3, -0.25) is 0 Å². The summed E-state index contributed by atoms with van der Waals surface area (Å²) >= 11 is 0. The monoisotopic (exact) mass is 320 g/mol. The van der Waals surface area contributed by atoms with Gasteiger partial charge in [-0.1, -0.05) is 13.8 Å². The summed E-state index contributed by atoms with van der Waals surface area (Å²) in [6.45, 7) is 9.31. The van der Waals surface area contributed by atoms with E-state index in [1.165, 1.54) is 12.8 Å². The average Bonchev–Trinajstić information content (AvgIpc) is 2.52. The molecule has 0 bridgehead atoms. The van der Waals surface area contributed by atoms with E-state index in [1.807, 2.05) is 0 Å². The van der Waals surface area contributed by atoms with Crippen LogP contribution in [0.25, 0.3) is 0 Å². The van der Waals surface area contributed by atoms with Crippen molar-refractivity contribution >= 4 is 8.80 Å². The van der Waals surface area contributed by atoms with Crippen molar-refractivity contribution < 1.29 is 13.3 Å². The largest absolute Gasteiger partial charge is 0.500 e. The summed E-state index contributed by atoms with van der Waals surface area (Å²) in [5, 5.41) is 6.80. The highest BCUT2D eigenvalue weighted by Gasteiger charge is 2.38. The summed E-state index contributed by atoms with van der Waals surface area (Å²) in [7, 11) is 0.973. The van der Waals surface area contributed by atoms with Crippen LogP contribution >= 0.6 is 0 Å². The molecular formula is C15H36N2O3Si. The van der Waals surface area contributed by atoms with E-state index in [9.17, 15) is 0 Å². The van der Waals surface area contributed by atoms with Crippen LogP contribution in [0.1, 0.15) is 46.0 Å². The molecule has 0 aliphatic rings. The molecule has 0 saturated heterocycles. The molecule has 0 rings (SSSR count). The first kappa shape index (κ1) is 21.0. The first-order valence-electron chi connectivity index (χ1n) is 8.40. The van der Waals surface area contributed by atoms with E-state index in [2.05, 4.69) is 24.5 Å². The Morgan fingerprint density at radius 1 is 0.762 bits per heavy atom. The van der Waals surface area contributed by atoms with Gasteiger partial charge >= 0.3 is 8.80 Å². The molecule has 5 nitrogen and oxygen atoms in total. The summed E-state index contributed by atoms with van der Waals surface area (Å²) in [6.07, 6.45) is 5.57. The molecule has 0 aliphatic carbocycles. The van der Waals surface area contributed by atoms with Crippen molar-refractivity contribution in [2.24, 2.45) is 0 Å². The Kier molecular flexibility index (Phi) is 14.9. The van der Waals surface area contributed by atoms with Gasteiger partial charge in [0.05, 0.1) is 0 Å². The van der Waals surface area contributed by atoms with Gasteiger partial charge in [-0.2, -0.15) is 0 Å². The van der Waals surface area contributed by atoms with E-state index in [4.69, 9.17) is 13.3 Å². The first-order chi connectivity index (χ1) is 10.2. The van der Waals surface area contributed by atoms with Crippen LogP contribution in [0.15, 0.2) is 0 Å². The highest BCUT2D eigenvalue weighted by molar-refractivity contribution is 6.60. The highest BCUT2D eigenvalue weighted by atomic mass is 28.4. The number of unbranched alkanes of at least 4 members (excludes halogenated alkanes) is 1. The minimum atomic E-state index is -2.44. The normalized spacial score (nSPS) is 12.0.